The first kappa shape index (κ1) is 92.7. The van der Waals surface area contributed by atoms with Gasteiger partial charge in [-0.25, -0.2) is 0 Å². The third kappa shape index (κ3) is 50.2. The van der Waals surface area contributed by atoms with Crippen LogP contribution >= 0.6 is 31.9 Å². The second-order valence-electron chi connectivity index (χ2n) is 30.1. The summed E-state index contributed by atoms with van der Waals surface area (Å²) >= 11 is 7.84. The molecule has 0 N–H and O–H groups in total. The van der Waals surface area contributed by atoms with Crippen LogP contribution in [0.2, 0.25) is 0 Å². The fraction of sp³-hybridized carbons (Fsp3) is 0.766. The van der Waals surface area contributed by atoms with E-state index in [2.05, 4.69) is 133 Å². The fourth-order valence-corrected chi connectivity index (χ4v) is 14.5. The molecule has 0 unspecified atom stereocenters. The van der Waals surface area contributed by atoms with Crippen molar-refractivity contribution < 1.29 is 28.4 Å². The lowest BCUT2D eigenvalue weighted by Gasteiger charge is -2.15. The van der Waals surface area contributed by atoms with Crippen molar-refractivity contribution in [3.63, 3.8) is 0 Å². The normalized spacial score (nSPS) is 11.2. The average Bonchev–Trinajstić information content (AvgIpc) is 0.814. The number of benzene rings is 3. The van der Waals surface area contributed by atoms with Crippen LogP contribution in [0, 0.1) is 23.7 Å². The molecular formula is C94H156Br2O6. The predicted molar refractivity (Wildman–Crippen MR) is 451 cm³/mol. The van der Waals surface area contributed by atoms with Crippen molar-refractivity contribution in [2.75, 3.05) is 39.6 Å². The van der Waals surface area contributed by atoms with Gasteiger partial charge in [0, 0.05) is 24.3 Å². The molecule has 0 aromatic heterocycles. The number of halogens is 2. The van der Waals surface area contributed by atoms with Crippen LogP contribution in [-0.2, 0) is 0 Å². The van der Waals surface area contributed by atoms with Crippen molar-refractivity contribution >= 4 is 31.9 Å². The summed E-state index contributed by atoms with van der Waals surface area (Å²) in [6.07, 6.45) is 76.7. The second kappa shape index (κ2) is 69.3. The minimum atomic E-state index is 0.600. The van der Waals surface area contributed by atoms with Crippen LogP contribution in [0.4, 0.5) is 0 Å². The topological polar surface area (TPSA) is 55.4 Å². The van der Waals surface area contributed by atoms with Crippen LogP contribution in [0.3, 0.4) is 0 Å². The quantitative estimate of drug-likeness (QED) is 0.0415. The van der Waals surface area contributed by atoms with Gasteiger partial charge in [-0.05, 0) is 82.5 Å². The molecule has 3 aromatic carbocycles. The molecule has 0 aliphatic heterocycles. The SMILES string of the molecule is CCCCCCCCCCCCOc1cc(C#Cc2cc(OCCCCCCCCCCCC)c(C#Cc3cc(OCCCCCCCCCCCC)c(Br)cc3OCCCCCCCCCCCC)cc2OCCCCCCCCCCCC)c(OCCCCCCCCCCCC)cc1Br. The van der Waals surface area contributed by atoms with E-state index in [1.165, 1.54) is 321 Å². The van der Waals surface area contributed by atoms with E-state index in [0.717, 1.165) is 130 Å². The molecule has 0 saturated heterocycles. The van der Waals surface area contributed by atoms with E-state index in [4.69, 9.17) is 28.4 Å². The molecule has 0 radical (unpaired) electrons. The van der Waals surface area contributed by atoms with E-state index in [9.17, 15) is 0 Å². The summed E-state index contributed by atoms with van der Waals surface area (Å²) < 4.78 is 42.3. The molecule has 3 aromatic rings. The summed E-state index contributed by atoms with van der Waals surface area (Å²) in [6, 6.07) is 12.6. The van der Waals surface area contributed by atoms with Crippen molar-refractivity contribution in [1.82, 2.24) is 0 Å². The van der Waals surface area contributed by atoms with Crippen molar-refractivity contribution in [1.29, 1.82) is 0 Å². The highest BCUT2D eigenvalue weighted by Crippen LogP contribution is 2.37. The number of unbranched alkanes of at least 4 members (excludes halogenated alkanes) is 54. The molecule has 8 heteroatoms. The third-order valence-corrected chi connectivity index (χ3v) is 21.6. The largest absolute Gasteiger partial charge is 0.492 e. The van der Waals surface area contributed by atoms with Gasteiger partial charge in [0.05, 0.1) is 70.8 Å². The molecule has 0 spiro atoms. The summed E-state index contributed by atoms with van der Waals surface area (Å²) in [5, 5.41) is 0. The summed E-state index contributed by atoms with van der Waals surface area (Å²) in [6.45, 7) is 17.6. The maximum Gasteiger partial charge on any atom is 0.136 e. The zero-order valence-corrected chi connectivity index (χ0v) is 70.5. The Hall–Kier alpha value is -3.46. The van der Waals surface area contributed by atoms with Gasteiger partial charge in [0.25, 0.3) is 0 Å². The molecule has 0 amide bonds. The van der Waals surface area contributed by atoms with Gasteiger partial charge in [-0.15, -0.1) is 0 Å². The van der Waals surface area contributed by atoms with Gasteiger partial charge >= 0.3 is 0 Å². The zero-order chi connectivity index (χ0) is 72.9. The van der Waals surface area contributed by atoms with Crippen LogP contribution in [-0.4, -0.2) is 39.6 Å². The molecule has 102 heavy (non-hydrogen) atoms. The van der Waals surface area contributed by atoms with Gasteiger partial charge in [0.1, 0.15) is 34.5 Å². The van der Waals surface area contributed by atoms with E-state index >= 15 is 0 Å². The predicted octanol–water partition coefficient (Wildman–Crippen LogP) is 31.8. The van der Waals surface area contributed by atoms with E-state index in [0.29, 0.717) is 39.6 Å². The third-order valence-electron chi connectivity index (χ3n) is 20.3. The number of ether oxygens (including phenoxy) is 6. The van der Waals surface area contributed by atoms with Gasteiger partial charge in [-0.1, -0.05) is 412 Å². The molecule has 582 valence electrons. The van der Waals surface area contributed by atoms with E-state index in [-0.39, 0.29) is 0 Å². The monoisotopic (exact) mass is 1540 g/mol. The highest BCUT2D eigenvalue weighted by molar-refractivity contribution is 9.11. The standard InChI is InChI=1S/C94H156Br2O6/c1-7-13-19-25-31-37-43-49-55-61-71-97-89-77-84(68-70-86-80-94(102-76-66-60-54-48-42-36-30-24-18-12-6)88(96)82-92(86)100-74-64-58-52-46-40-34-28-22-16-10-4)90(98-72-62-56-50-44-38-32-26-20-14-8-2)78-83(89)67-69-85-79-93(101-75-65-59-53-47-41-35-29-23-17-11-5)87(95)81-91(85)99-73-63-57-51-45-39-33-27-21-15-9-3/h77-82H,7-66,71-76H2,1-6H3. The van der Waals surface area contributed by atoms with Crippen LogP contribution in [0.25, 0.3) is 0 Å². The molecule has 0 heterocycles. The van der Waals surface area contributed by atoms with E-state index in [1.807, 2.05) is 0 Å². The first-order valence-corrected chi connectivity index (χ1v) is 45.6. The highest BCUT2D eigenvalue weighted by Gasteiger charge is 2.16. The molecule has 0 bridgehead atoms. The maximum atomic E-state index is 6.94. The Labute approximate surface area is 648 Å². The minimum Gasteiger partial charge on any atom is -0.492 e. The van der Waals surface area contributed by atoms with Gasteiger partial charge < -0.3 is 28.4 Å². The lowest BCUT2D eigenvalue weighted by Crippen LogP contribution is -2.04. The Bertz CT molecular complexity index is 2360. The summed E-state index contributed by atoms with van der Waals surface area (Å²) in [5.41, 5.74) is 3.20. The Morgan fingerprint density at radius 2 is 0.304 bits per heavy atom. The van der Waals surface area contributed by atoms with Crippen LogP contribution < -0.4 is 28.4 Å². The number of hydrogen-bond donors (Lipinski definition) is 0. The first-order chi connectivity index (χ1) is 50.4. The molecule has 3 rings (SSSR count). The van der Waals surface area contributed by atoms with Gasteiger partial charge in [-0.2, -0.15) is 0 Å². The molecule has 0 aliphatic carbocycles. The number of rotatable bonds is 72. The van der Waals surface area contributed by atoms with Crippen LogP contribution in [0.1, 0.15) is 449 Å². The van der Waals surface area contributed by atoms with Crippen molar-refractivity contribution in [3.8, 4) is 58.2 Å². The Morgan fingerprint density at radius 1 is 0.176 bits per heavy atom. The molecule has 0 aliphatic rings. The molecular weight excluding hydrogens is 1380 g/mol. The summed E-state index contributed by atoms with van der Waals surface area (Å²) in [5.74, 6) is 19.3. The zero-order valence-electron chi connectivity index (χ0n) is 67.3. The van der Waals surface area contributed by atoms with Crippen molar-refractivity contribution in [3.05, 3.63) is 67.6 Å². The lowest BCUT2D eigenvalue weighted by molar-refractivity contribution is 0.294. The molecule has 6 nitrogen and oxygen atoms in total. The smallest absolute Gasteiger partial charge is 0.136 e. The van der Waals surface area contributed by atoms with Gasteiger partial charge in [0.2, 0.25) is 0 Å². The second-order valence-corrected chi connectivity index (χ2v) is 31.8. The van der Waals surface area contributed by atoms with E-state index in [1.54, 1.807) is 0 Å². The highest BCUT2D eigenvalue weighted by atomic mass is 79.9. The lowest BCUT2D eigenvalue weighted by atomic mass is 10.1. The Morgan fingerprint density at radius 3 is 0.471 bits per heavy atom. The van der Waals surface area contributed by atoms with Crippen molar-refractivity contribution in [2.45, 2.75) is 427 Å². The summed E-state index contributed by atoms with van der Waals surface area (Å²) in [4.78, 5) is 0. The minimum absolute atomic E-state index is 0.600. The van der Waals surface area contributed by atoms with Gasteiger partial charge in [-0.3, -0.25) is 0 Å². The number of hydrogen-bond acceptors (Lipinski definition) is 6. The fourth-order valence-electron chi connectivity index (χ4n) is 13.6. The molecule has 0 saturated carbocycles. The van der Waals surface area contributed by atoms with Crippen molar-refractivity contribution in [2.24, 2.45) is 0 Å². The maximum absolute atomic E-state index is 6.94. The molecule has 0 fully saturated rings. The first-order valence-electron chi connectivity index (χ1n) is 44.0. The molecule has 0 atom stereocenters. The van der Waals surface area contributed by atoms with Crippen LogP contribution in [0.5, 0.6) is 34.5 Å². The average molecular weight is 1540 g/mol. The van der Waals surface area contributed by atoms with E-state index < -0.39 is 0 Å². The van der Waals surface area contributed by atoms with Crippen LogP contribution in [0.15, 0.2) is 45.3 Å². The Kier molecular flexibility index (Phi) is 63.0. The van der Waals surface area contributed by atoms with Gasteiger partial charge in [0.15, 0.2) is 0 Å². The Balaban J connectivity index is 2.11. The summed E-state index contributed by atoms with van der Waals surface area (Å²) in [7, 11) is 0.